The summed E-state index contributed by atoms with van der Waals surface area (Å²) in [5.41, 5.74) is -2.16. The number of alkyl halides is 1. The third-order valence-corrected chi connectivity index (χ3v) is 1.52. The van der Waals surface area contributed by atoms with E-state index < -0.39 is 16.4 Å². The van der Waals surface area contributed by atoms with Gasteiger partial charge in [0.05, 0.1) is 4.92 Å². The van der Waals surface area contributed by atoms with Crippen molar-refractivity contribution < 1.29 is 13.7 Å². The molecule has 1 atom stereocenters. The first-order chi connectivity index (χ1) is 6.02. The Morgan fingerprint density at radius 1 is 1.69 bits per heavy atom. The van der Waals surface area contributed by atoms with Gasteiger partial charge < -0.3 is 0 Å². The molecule has 0 saturated carbocycles. The highest BCUT2D eigenvalue weighted by molar-refractivity contribution is 5.29. The molecule has 0 bridgehead atoms. The Bertz CT molecular complexity index is 309. The highest BCUT2D eigenvalue weighted by Crippen LogP contribution is 2.26. The highest BCUT2D eigenvalue weighted by Gasteiger charge is 2.24. The molecule has 3 nitrogen and oxygen atoms in total. The molecule has 0 aliphatic heterocycles. The van der Waals surface area contributed by atoms with E-state index in [0.29, 0.717) is 18.4 Å². The lowest BCUT2D eigenvalue weighted by molar-refractivity contribution is -0.402. The van der Waals surface area contributed by atoms with Crippen LogP contribution in [0.25, 0.3) is 0 Å². The lowest BCUT2D eigenvalue weighted by atomic mass is 9.99. The van der Waals surface area contributed by atoms with Gasteiger partial charge in [0, 0.05) is 12.5 Å². The summed E-state index contributed by atoms with van der Waals surface area (Å²) >= 11 is 0. The largest absolute Gasteiger partial charge is 0.259 e. The third kappa shape index (κ3) is 2.77. The molecule has 1 aliphatic carbocycles. The molecule has 0 spiro atoms. The minimum atomic E-state index is -2.16. The second kappa shape index (κ2) is 3.47. The second-order valence-corrected chi connectivity index (χ2v) is 2.63. The number of halogens is 2. The van der Waals surface area contributed by atoms with Crippen molar-refractivity contribution >= 4 is 0 Å². The molecule has 1 aliphatic rings. The van der Waals surface area contributed by atoms with Crippen LogP contribution in [0.1, 0.15) is 6.42 Å². The molecule has 0 radical (unpaired) electrons. The molecule has 5 heteroatoms. The van der Waals surface area contributed by atoms with E-state index >= 15 is 0 Å². The fourth-order valence-electron chi connectivity index (χ4n) is 0.978. The van der Waals surface area contributed by atoms with Gasteiger partial charge in [0.15, 0.2) is 5.67 Å². The van der Waals surface area contributed by atoms with Crippen molar-refractivity contribution in [2.45, 2.75) is 12.1 Å². The van der Waals surface area contributed by atoms with Crippen LogP contribution in [0.3, 0.4) is 0 Å². The first-order valence-electron chi connectivity index (χ1n) is 3.58. The van der Waals surface area contributed by atoms with E-state index in [1.165, 1.54) is 6.08 Å². The van der Waals surface area contributed by atoms with Crippen LogP contribution in [0.4, 0.5) is 8.78 Å². The zero-order valence-corrected chi connectivity index (χ0v) is 6.61. The number of rotatable bonds is 2. The van der Waals surface area contributed by atoms with Crippen LogP contribution in [0.5, 0.6) is 0 Å². The molecule has 0 fully saturated rings. The van der Waals surface area contributed by atoms with Gasteiger partial charge in [-0.25, -0.2) is 8.78 Å². The van der Waals surface area contributed by atoms with Crippen molar-refractivity contribution in [1.82, 2.24) is 0 Å². The Hall–Kier alpha value is -1.52. The molecular formula is C8H7F2NO2. The van der Waals surface area contributed by atoms with Crippen LogP contribution in [-0.4, -0.2) is 10.6 Å². The van der Waals surface area contributed by atoms with E-state index in [9.17, 15) is 18.9 Å². The third-order valence-electron chi connectivity index (χ3n) is 1.52. The second-order valence-electron chi connectivity index (χ2n) is 2.63. The van der Waals surface area contributed by atoms with E-state index in [1.807, 2.05) is 0 Å². The van der Waals surface area contributed by atoms with Gasteiger partial charge in [-0.2, -0.15) is 0 Å². The molecule has 0 aromatic rings. The van der Waals surface area contributed by atoms with Crippen molar-refractivity contribution in [1.29, 1.82) is 0 Å². The van der Waals surface area contributed by atoms with Gasteiger partial charge in [0.2, 0.25) is 6.20 Å². The average Bonchev–Trinajstić information content (AvgIpc) is 2.01. The van der Waals surface area contributed by atoms with E-state index in [1.54, 1.807) is 0 Å². The van der Waals surface area contributed by atoms with Crippen LogP contribution in [0, 0.1) is 10.1 Å². The van der Waals surface area contributed by atoms with E-state index in [-0.39, 0.29) is 6.42 Å². The zero-order valence-electron chi connectivity index (χ0n) is 6.61. The smallest absolute Gasteiger partial charge is 0.234 e. The number of hydrogen-bond acceptors (Lipinski definition) is 2. The zero-order chi connectivity index (χ0) is 9.90. The minimum Gasteiger partial charge on any atom is -0.259 e. The minimum absolute atomic E-state index is 0.0397. The van der Waals surface area contributed by atoms with Crippen molar-refractivity contribution in [3.05, 3.63) is 46.4 Å². The van der Waals surface area contributed by atoms with Gasteiger partial charge >= 0.3 is 0 Å². The molecule has 0 aromatic heterocycles. The predicted octanol–water partition coefficient (Wildman–Crippen LogP) is 2.30. The van der Waals surface area contributed by atoms with E-state index in [4.69, 9.17) is 0 Å². The van der Waals surface area contributed by atoms with Gasteiger partial charge in [-0.3, -0.25) is 10.1 Å². The van der Waals surface area contributed by atoms with E-state index in [2.05, 4.69) is 0 Å². The molecule has 0 aromatic carbocycles. The molecule has 0 N–H and O–H groups in total. The normalized spacial score (nSPS) is 27.7. The molecule has 0 saturated heterocycles. The summed E-state index contributed by atoms with van der Waals surface area (Å²) < 4.78 is 26.0. The summed E-state index contributed by atoms with van der Waals surface area (Å²) in [4.78, 5) is 9.08. The van der Waals surface area contributed by atoms with Crippen LogP contribution >= 0.6 is 0 Å². The van der Waals surface area contributed by atoms with Crippen LogP contribution in [0.15, 0.2) is 36.3 Å². The molecular weight excluding hydrogens is 180 g/mol. The van der Waals surface area contributed by atoms with Gasteiger partial charge in [-0.1, -0.05) is 6.08 Å². The average molecular weight is 187 g/mol. The lowest BCUT2D eigenvalue weighted by Gasteiger charge is -2.14. The van der Waals surface area contributed by atoms with Crippen molar-refractivity contribution in [2.75, 3.05) is 0 Å². The number of nitro groups is 1. The van der Waals surface area contributed by atoms with Gasteiger partial charge in [-0.15, -0.1) is 0 Å². The first kappa shape index (κ1) is 9.57. The molecule has 1 rings (SSSR count). The maximum atomic E-state index is 13.4. The summed E-state index contributed by atoms with van der Waals surface area (Å²) in [7, 11) is 0. The van der Waals surface area contributed by atoms with Crippen LogP contribution in [-0.2, 0) is 0 Å². The Labute approximate surface area is 73.2 Å². The topological polar surface area (TPSA) is 43.1 Å². The van der Waals surface area contributed by atoms with Crippen LogP contribution < -0.4 is 0 Å². The maximum absolute atomic E-state index is 13.4. The fraction of sp³-hybridized carbons (Fsp3) is 0.250. The Morgan fingerprint density at radius 3 is 2.92 bits per heavy atom. The summed E-state index contributed by atoms with van der Waals surface area (Å²) in [5.74, 6) is -0.627. The first-order valence-corrected chi connectivity index (χ1v) is 3.58. The van der Waals surface area contributed by atoms with Crippen molar-refractivity contribution in [2.24, 2.45) is 0 Å². The van der Waals surface area contributed by atoms with Gasteiger partial charge in [0.1, 0.15) is 5.83 Å². The van der Waals surface area contributed by atoms with Crippen LogP contribution in [0.2, 0.25) is 0 Å². The highest BCUT2D eigenvalue weighted by atomic mass is 19.1. The molecule has 1 unspecified atom stereocenters. The van der Waals surface area contributed by atoms with Gasteiger partial charge in [0.25, 0.3) is 0 Å². The Morgan fingerprint density at radius 2 is 2.38 bits per heavy atom. The summed E-state index contributed by atoms with van der Waals surface area (Å²) in [6, 6.07) is 0. The molecule has 13 heavy (non-hydrogen) atoms. The predicted molar refractivity (Wildman–Crippen MR) is 42.9 cm³/mol. The molecule has 70 valence electrons. The SMILES string of the molecule is O=[N+]([O-])/C=C/C1(F)C=CCC(F)=C1. The van der Waals surface area contributed by atoms with E-state index in [0.717, 1.165) is 6.08 Å². The fourth-order valence-corrected chi connectivity index (χ4v) is 0.978. The quantitative estimate of drug-likeness (QED) is 0.378. The number of hydrogen-bond donors (Lipinski definition) is 0. The van der Waals surface area contributed by atoms with Crippen molar-refractivity contribution in [3.8, 4) is 0 Å². The molecule has 0 amide bonds. The summed E-state index contributed by atoms with van der Waals surface area (Å²) in [6.45, 7) is 0. The lowest BCUT2D eigenvalue weighted by Crippen LogP contribution is -2.15. The maximum Gasteiger partial charge on any atom is 0.234 e. The number of nitrogens with zero attached hydrogens (tertiary/aromatic N) is 1. The summed E-state index contributed by atoms with van der Waals surface area (Å²) in [5, 5.41) is 9.88. The Balaban J connectivity index is 2.81. The van der Waals surface area contributed by atoms with Gasteiger partial charge in [-0.05, 0) is 12.2 Å². The number of allylic oxidation sites excluding steroid dienone is 5. The Kier molecular flexibility index (Phi) is 2.55. The summed E-state index contributed by atoms with van der Waals surface area (Å²) in [6.07, 6.45) is 4.28. The van der Waals surface area contributed by atoms with Crippen molar-refractivity contribution in [3.63, 3.8) is 0 Å². The molecule has 0 heterocycles. The standard InChI is InChI=1S/C8H7F2NO2/c9-7-2-1-3-8(10,6-7)4-5-11(12)13/h1,3-6H,2H2/b5-4+. The monoisotopic (exact) mass is 187 g/mol.